The van der Waals surface area contributed by atoms with Crippen LogP contribution in [0.3, 0.4) is 0 Å². The Hall–Kier alpha value is -0.900. The summed E-state index contributed by atoms with van der Waals surface area (Å²) in [4.78, 5) is 19.3. The predicted molar refractivity (Wildman–Crippen MR) is 24.1 cm³/mol. The van der Waals surface area contributed by atoms with E-state index in [-0.39, 0.29) is 19.5 Å². The average Bonchev–Trinajstić information content (AvgIpc) is 1.83. The highest BCUT2D eigenvalue weighted by molar-refractivity contribution is 6.20. The van der Waals surface area contributed by atoms with Crippen molar-refractivity contribution >= 4 is 12.3 Å². The summed E-state index contributed by atoms with van der Waals surface area (Å²) in [5.74, 6) is -0.945. The fraction of sp³-hybridized carbons (Fsp3) is 0.500. The van der Waals surface area contributed by atoms with E-state index in [0.29, 0.717) is 0 Å². The first-order chi connectivity index (χ1) is 3.81. The second kappa shape index (κ2) is 4.26. The monoisotopic (exact) mass is 118 g/mol. The standard InChI is InChI=1S/C4H6O4/c5-1-2-8-4(7)3-6/h3,5H,1-2H2. The predicted octanol–water partition coefficient (Wildman–Crippen LogP) is -1.28. The lowest BCUT2D eigenvalue weighted by molar-refractivity contribution is -0.149. The Kier molecular flexibility index (Phi) is 3.78. The van der Waals surface area contributed by atoms with E-state index in [1.807, 2.05) is 0 Å². The summed E-state index contributed by atoms with van der Waals surface area (Å²) in [5.41, 5.74) is 0. The van der Waals surface area contributed by atoms with Gasteiger partial charge in [0.1, 0.15) is 6.61 Å². The van der Waals surface area contributed by atoms with Crippen molar-refractivity contribution in [3.8, 4) is 0 Å². The molecule has 0 aliphatic heterocycles. The van der Waals surface area contributed by atoms with Gasteiger partial charge in [0.25, 0.3) is 0 Å². The Morgan fingerprint density at radius 1 is 1.75 bits per heavy atom. The van der Waals surface area contributed by atoms with Crippen LogP contribution in [0.1, 0.15) is 0 Å². The normalized spacial score (nSPS) is 8.12. The molecule has 0 aromatic rings. The molecule has 0 unspecified atom stereocenters. The third-order valence-corrected chi connectivity index (χ3v) is 0.432. The highest BCUT2D eigenvalue weighted by Crippen LogP contribution is 1.69. The fourth-order valence-electron chi connectivity index (χ4n) is 0.180. The lowest BCUT2D eigenvalue weighted by Gasteiger charge is -1.92. The highest BCUT2D eigenvalue weighted by Gasteiger charge is 1.94. The van der Waals surface area contributed by atoms with Crippen molar-refractivity contribution < 1.29 is 19.4 Å². The molecule has 4 heteroatoms. The van der Waals surface area contributed by atoms with E-state index in [2.05, 4.69) is 4.74 Å². The van der Waals surface area contributed by atoms with Crippen LogP contribution in [0.5, 0.6) is 0 Å². The van der Waals surface area contributed by atoms with Crippen molar-refractivity contribution in [3.63, 3.8) is 0 Å². The molecule has 0 amide bonds. The smallest absolute Gasteiger partial charge is 0.371 e. The third kappa shape index (κ3) is 3.30. The molecule has 0 rings (SSSR count). The van der Waals surface area contributed by atoms with Gasteiger partial charge in [0.2, 0.25) is 6.29 Å². The van der Waals surface area contributed by atoms with E-state index in [0.717, 1.165) is 0 Å². The number of rotatable bonds is 3. The molecule has 0 saturated heterocycles. The molecule has 0 spiro atoms. The SMILES string of the molecule is O=CC(=O)OCCO. The molecule has 8 heavy (non-hydrogen) atoms. The molecule has 1 N–H and O–H groups in total. The van der Waals surface area contributed by atoms with E-state index in [9.17, 15) is 9.59 Å². The number of hydrogen-bond donors (Lipinski definition) is 1. The number of carbonyl (C=O) groups is 2. The van der Waals surface area contributed by atoms with Gasteiger partial charge in [-0.05, 0) is 0 Å². The number of ether oxygens (including phenoxy) is 1. The number of hydrogen-bond acceptors (Lipinski definition) is 4. The van der Waals surface area contributed by atoms with Crippen molar-refractivity contribution in [2.24, 2.45) is 0 Å². The minimum absolute atomic E-state index is 0.0512. The molecule has 0 saturated carbocycles. The zero-order valence-corrected chi connectivity index (χ0v) is 4.16. The minimum Gasteiger partial charge on any atom is -0.458 e. The average molecular weight is 118 g/mol. The quantitative estimate of drug-likeness (QED) is 0.285. The van der Waals surface area contributed by atoms with E-state index in [4.69, 9.17) is 5.11 Å². The Bertz CT molecular complexity index is 88.0. The lowest BCUT2D eigenvalue weighted by Crippen LogP contribution is -2.08. The van der Waals surface area contributed by atoms with Gasteiger partial charge >= 0.3 is 5.97 Å². The van der Waals surface area contributed by atoms with Gasteiger partial charge in [-0.2, -0.15) is 0 Å². The molecule has 0 fully saturated rings. The Morgan fingerprint density at radius 3 is 2.75 bits per heavy atom. The van der Waals surface area contributed by atoms with Crippen molar-refractivity contribution in [1.29, 1.82) is 0 Å². The van der Waals surface area contributed by atoms with Crippen molar-refractivity contribution in [3.05, 3.63) is 0 Å². The van der Waals surface area contributed by atoms with Crippen LogP contribution in [0, 0.1) is 0 Å². The van der Waals surface area contributed by atoms with Crippen molar-refractivity contribution in [2.75, 3.05) is 13.2 Å². The Balaban J connectivity index is 3.11. The third-order valence-electron chi connectivity index (χ3n) is 0.432. The molecule has 4 nitrogen and oxygen atoms in total. The fourth-order valence-corrected chi connectivity index (χ4v) is 0.180. The van der Waals surface area contributed by atoms with Crippen LogP contribution in [0.25, 0.3) is 0 Å². The molecular formula is C4H6O4. The Labute approximate surface area is 46.1 Å². The number of aliphatic hydroxyl groups excluding tert-OH is 1. The van der Waals surface area contributed by atoms with Gasteiger partial charge in [0.05, 0.1) is 6.61 Å². The van der Waals surface area contributed by atoms with E-state index in [1.54, 1.807) is 0 Å². The van der Waals surface area contributed by atoms with E-state index < -0.39 is 5.97 Å². The van der Waals surface area contributed by atoms with Gasteiger partial charge in [-0.3, -0.25) is 4.79 Å². The second-order valence-corrected chi connectivity index (χ2v) is 1.01. The first-order valence-corrected chi connectivity index (χ1v) is 2.04. The zero-order valence-electron chi connectivity index (χ0n) is 4.16. The maximum Gasteiger partial charge on any atom is 0.371 e. The first-order valence-electron chi connectivity index (χ1n) is 2.04. The van der Waals surface area contributed by atoms with Gasteiger partial charge in [-0.1, -0.05) is 0 Å². The number of esters is 1. The molecule has 0 aromatic heterocycles. The van der Waals surface area contributed by atoms with Crippen LogP contribution in [-0.4, -0.2) is 30.6 Å². The Morgan fingerprint density at radius 2 is 2.38 bits per heavy atom. The first kappa shape index (κ1) is 7.10. The van der Waals surface area contributed by atoms with Crippen LogP contribution >= 0.6 is 0 Å². The summed E-state index contributed by atoms with van der Waals surface area (Å²) < 4.78 is 4.08. The summed E-state index contributed by atoms with van der Waals surface area (Å²) >= 11 is 0. The largest absolute Gasteiger partial charge is 0.458 e. The van der Waals surface area contributed by atoms with Crippen LogP contribution in [0.4, 0.5) is 0 Å². The molecule has 0 heterocycles. The van der Waals surface area contributed by atoms with E-state index in [1.165, 1.54) is 0 Å². The molecule has 0 bridgehead atoms. The number of aldehydes is 1. The molecule has 46 valence electrons. The van der Waals surface area contributed by atoms with Gasteiger partial charge in [-0.25, -0.2) is 4.79 Å². The zero-order chi connectivity index (χ0) is 6.41. The molecule has 0 aliphatic rings. The topological polar surface area (TPSA) is 63.6 Å². The molecular weight excluding hydrogens is 112 g/mol. The maximum atomic E-state index is 9.87. The summed E-state index contributed by atoms with van der Waals surface area (Å²) in [6.45, 7) is -0.364. The van der Waals surface area contributed by atoms with E-state index >= 15 is 0 Å². The van der Waals surface area contributed by atoms with Crippen LogP contribution < -0.4 is 0 Å². The molecule has 0 aromatic carbocycles. The molecule has 0 radical (unpaired) electrons. The van der Waals surface area contributed by atoms with Crippen LogP contribution in [0.2, 0.25) is 0 Å². The second-order valence-electron chi connectivity index (χ2n) is 1.01. The summed E-state index contributed by atoms with van der Waals surface area (Å²) in [7, 11) is 0. The van der Waals surface area contributed by atoms with Gasteiger partial charge in [-0.15, -0.1) is 0 Å². The number of aliphatic hydroxyl groups is 1. The minimum atomic E-state index is -0.945. The number of carbonyl (C=O) groups excluding carboxylic acids is 2. The lowest BCUT2D eigenvalue weighted by atomic mass is 10.7. The summed E-state index contributed by atoms with van der Waals surface area (Å²) in [6.07, 6.45) is 0.0512. The van der Waals surface area contributed by atoms with Crippen LogP contribution in [-0.2, 0) is 14.3 Å². The van der Waals surface area contributed by atoms with Gasteiger partial charge in [0, 0.05) is 0 Å². The molecule has 0 atom stereocenters. The maximum absolute atomic E-state index is 9.87. The summed E-state index contributed by atoms with van der Waals surface area (Å²) in [5, 5.41) is 8.02. The van der Waals surface area contributed by atoms with Gasteiger partial charge in [0.15, 0.2) is 0 Å². The molecule has 0 aliphatic carbocycles. The highest BCUT2D eigenvalue weighted by atomic mass is 16.5. The summed E-state index contributed by atoms with van der Waals surface area (Å²) in [6, 6.07) is 0. The van der Waals surface area contributed by atoms with Crippen molar-refractivity contribution in [2.45, 2.75) is 0 Å². The van der Waals surface area contributed by atoms with Crippen molar-refractivity contribution in [1.82, 2.24) is 0 Å². The van der Waals surface area contributed by atoms with Crippen LogP contribution in [0.15, 0.2) is 0 Å². The van der Waals surface area contributed by atoms with Gasteiger partial charge < -0.3 is 9.84 Å².